The summed E-state index contributed by atoms with van der Waals surface area (Å²) in [4.78, 5) is 25.3. The first-order chi connectivity index (χ1) is 9.58. The second kappa shape index (κ2) is 5.79. The predicted molar refractivity (Wildman–Crippen MR) is 71.6 cm³/mol. The summed E-state index contributed by atoms with van der Waals surface area (Å²) in [5, 5.41) is 22.7. The molecule has 0 spiro atoms. The molecule has 1 aromatic carbocycles. The number of benzene rings is 1. The molecule has 0 aliphatic heterocycles. The third kappa shape index (κ3) is 3.08. The Bertz CT molecular complexity index is 643. The van der Waals surface area contributed by atoms with E-state index in [-0.39, 0.29) is 23.5 Å². The highest BCUT2D eigenvalue weighted by Crippen LogP contribution is 2.23. The molecule has 102 valence electrons. The number of hydrogen-bond acceptors (Lipinski definition) is 5. The van der Waals surface area contributed by atoms with E-state index in [9.17, 15) is 14.9 Å². The number of anilines is 1. The van der Waals surface area contributed by atoms with Crippen LogP contribution in [0.2, 0.25) is 0 Å². The van der Waals surface area contributed by atoms with Crippen molar-refractivity contribution in [3.05, 3.63) is 64.0 Å². The van der Waals surface area contributed by atoms with Crippen LogP contribution in [0.5, 0.6) is 0 Å². The van der Waals surface area contributed by atoms with E-state index in [0.29, 0.717) is 5.69 Å². The highest BCUT2D eigenvalue weighted by molar-refractivity contribution is 5.94. The average Bonchev–Trinajstić information content (AvgIpc) is 2.45. The summed E-state index contributed by atoms with van der Waals surface area (Å²) in [6, 6.07) is 8.91. The number of nitro groups is 1. The van der Waals surface area contributed by atoms with Gasteiger partial charge in [0.05, 0.1) is 28.4 Å². The molecule has 7 nitrogen and oxygen atoms in total. The fourth-order valence-electron chi connectivity index (χ4n) is 1.67. The first-order valence-electron chi connectivity index (χ1n) is 5.73. The summed E-state index contributed by atoms with van der Waals surface area (Å²) in [5.74, 6) is -1.15. The van der Waals surface area contributed by atoms with E-state index in [1.165, 1.54) is 12.1 Å². The molecular weight excluding hydrogens is 262 g/mol. The number of carbonyl (C=O) groups is 1. The van der Waals surface area contributed by atoms with Crippen molar-refractivity contribution in [1.82, 2.24) is 4.98 Å². The maximum atomic E-state index is 11.1. The van der Waals surface area contributed by atoms with Crippen LogP contribution < -0.4 is 5.32 Å². The Kier molecular flexibility index (Phi) is 3.90. The molecule has 7 heteroatoms. The van der Waals surface area contributed by atoms with Crippen LogP contribution in [-0.4, -0.2) is 21.0 Å². The second-order valence-electron chi connectivity index (χ2n) is 3.97. The highest BCUT2D eigenvalue weighted by Gasteiger charge is 2.15. The molecule has 2 N–H and O–H groups in total. The van der Waals surface area contributed by atoms with E-state index >= 15 is 0 Å². The molecule has 0 aliphatic carbocycles. The lowest BCUT2D eigenvalue weighted by Crippen LogP contribution is -2.07. The first-order valence-corrected chi connectivity index (χ1v) is 5.73. The summed E-state index contributed by atoms with van der Waals surface area (Å²) in [6.07, 6.45) is 1.61. The zero-order valence-corrected chi connectivity index (χ0v) is 10.3. The predicted octanol–water partition coefficient (Wildman–Crippen LogP) is 2.30. The van der Waals surface area contributed by atoms with Crippen molar-refractivity contribution in [1.29, 1.82) is 0 Å². The maximum absolute atomic E-state index is 11.1. The van der Waals surface area contributed by atoms with E-state index in [0.717, 1.165) is 6.07 Å². The summed E-state index contributed by atoms with van der Waals surface area (Å²) >= 11 is 0. The van der Waals surface area contributed by atoms with Gasteiger partial charge in [-0.15, -0.1) is 0 Å². The van der Waals surface area contributed by atoms with Crippen molar-refractivity contribution in [2.75, 3.05) is 5.32 Å². The SMILES string of the molecule is O=C(O)c1ccc([N+](=O)[O-])cc1NCc1ccccn1. The molecule has 2 rings (SSSR count). The van der Waals surface area contributed by atoms with E-state index in [2.05, 4.69) is 10.3 Å². The molecule has 1 heterocycles. The standard InChI is InChI=1S/C13H11N3O4/c17-13(18)11-5-4-10(16(19)20)7-12(11)15-8-9-3-1-2-6-14-9/h1-7,15H,8H2,(H,17,18). The number of nitrogens with one attached hydrogen (secondary N) is 1. The summed E-state index contributed by atoms with van der Waals surface area (Å²) < 4.78 is 0. The van der Waals surface area contributed by atoms with Crippen LogP contribution in [0, 0.1) is 10.1 Å². The number of aromatic carboxylic acids is 1. The van der Waals surface area contributed by atoms with Gasteiger partial charge in [0.25, 0.3) is 5.69 Å². The molecule has 0 saturated heterocycles. The van der Waals surface area contributed by atoms with Crippen LogP contribution >= 0.6 is 0 Å². The Morgan fingerprint density at radius 1 is 1.35 bits per heavy atom. The Labute approximate surface area is 114 Å². The van der Waals surface area contributed by atoms with E-state index in [4.69, 9.17) is 5.11 Å². The molecule has 1 aromatic heterocycles. The molecule has 20 heavy (non-hydrogen) atoms. The van der Waals surface area contributed by atoms with E-state index in [1.54, 1.807) is 24.4 Å². The fourth-order valence-corrected chi connectivity index (χ4v) is 1.67. The molecule has 0 fully saturated rings. The van der Waals surface area contributed by atoms with Crippen LogP contribution in [0.4, 0.5) is 11.4 Å². The van der Waals surface area contributed by atoms with Crippen molar-refractivity contribution in [3.63, 3.8) is 0 Å². The van der Waals surface area contributed by atoms with Gasteiger partial charge >= 0.3 is 5.97 Å². The largest absolute Gasteiger partial charge is 0.478 e. The zero-order valence-electron chi connectivity index (χ0n) is 10.3. The Balaban J connectivity index is 2.26. The third-order valence-electron chi connectivity index (χ3n) is 2.63. The number of rotatable bonds is 5. The van der Waals surface area contributed by atoms with Gasteiger partial charge in [-0.2, -0.15) is 0 Å². The van der Waals surface area contributed by atoms with Gasteiger partial charge < -0.3 is 10.4 Å². The molecule has 0 amide bonds. The van der Waals surface area contributed by atoms with Gasteiger partial charge in [-0.1, -0.05) is 6.07 Å². The fraction of sp³-hybridized carbons (Fsp3) is 0.0769. The topological polar surface area (TPSA) is 105 Å². The molecule has 0 aliphatic rings. The number of pyridine rings is 1. The number of aromatic nitrogens is 1. The number of carboxylic acid groups (broad SMARTS) is 1. The monoisotopic (exact) mass is 273 g/mol. The first kappa shape index (κ1) is 13.5. The van der Waals surface area contributed by atoms with Crippen LogP contribution in [0.3, 0.4) is 0 Å². The lowest BCUT2D eigenvalue weighted by atomic mass is 10.1. The van der Waals surface area contributed by atoms with Gasteiger partial charge in [-0.05, 0) is 18.2 Å². The Morgan fingerprint density at radius 2 is 2.15 bits per heavy atom. The van der Waals surface area contributed by atoms with Crippen LogP contribution in [0.1, 0.15) is 16.1 Å². The molecule has 0 unspecified atom stereocenters. The van der Waals surface area contributed by atoms with Crippen molar-refractivity contribution >= 4 is 17.3 Å². The van der Waals surface area contributed by atoms with Crippen molar-refractivity contribution in [3.8, 4) is 0 Å². The average molecular weight is 273 g/mol. The van der Waals surface area contributed by atoms with Gasteiger partial charge in [-0.3, -0.25) is 15.1 Å². The van der Waals surface area contributed by atoms with E-state index in [1.807, 2.05) is 0 Å². The van der Waals surface area contributed by atoms with Gasteiger partial charge in [0.15, 0.2) is 0 Å². The summed E-state index contributed by atoms with van der Waals surface area (Å²) in [5.41, 5.74) is 0.706. The molecule has 0 radical (unpaired) electrons. The zero-order chi connectivity index (χ0) is 14.5. The maximum Gasteiger partial charge on any atom is 0.337 e. The molecule has 0 bridgehead atoms. The smallest absolute Gasteiger partial charge is 0.337 e. The van der Waals surface area contributed by atoms with Gasteiger partial charge in [0, 0.05) is 18.3 Å². The minimum atomic E-state index is -1.15. The Morgan fingerprint density at radius 3 is 2.75 bits per heavy atom. The van der Waals surface area contributed by atoms with Crippen molar-refractivity contribution in [2.45, 2.75) is 6.54 Å². The minimum Gasteiger partial charge on any atom is -0.478 e. The number of nitrogens with zero attached hydrogens (tertiary/aromatic N) is 2. The van der Waals surface area contributed by atoms with Gasteiger partial charge in [-0.25, -0.2) is 4.79 Å². The number of carboxylic acids is 1. The molecule has 0 atom stereocenters. The lowest BCUT2D eigenvalue weighted by Gasteiger charge is -2.09. The van der Waals surface area contributed by atoms with Crippen LogP contribution in [-0.2, 0) is 6.54 Å². The van der Waals surface area contributed by atoms with Crippen molar-refractivity contribution in [2.24, 2.45) is 0 Å². The Hall–Kier alpha value is -2.96. The lowest BCUT2D eigenvalue weighted by molar-refractivity contribution is -0.384. The van der Waals surface area contributed by atoms with Crippen LogP contribution in [0.25, 0.3) is 0 Å². The highest BCUT2D eigenvalue weighted by atomic mass is 16.6. The number of nitro benzene ring substituents is 1. The van der Waals surface area contributed by atoms with Crippen molar-refractivity contribution < 1.29 is 14.8 Å². The van der Waals surface area contributed by atoms with Gasteiger partial charge in [0.2, 0.25) is 0 Å². The molecular formula is C13H11N3O4. The number of hydrogen-bond donors (Lipinski definition) is 2. The van der Waals surface area contributed by atoms with Crippen LogP contribution in [0.15, 0.2) is 42.6 Å². The summed E-state index contributed by atoms with van der Waals surface area (Å²) in [6.45, 7) is 0.280. The van der Waals surface area contributed by atoms with Gasteiger partial charge in [0.1, 0.15) is 0 Å². The quantitative estimate of drug-likeness (QED) is 0.639. The van der Waals surface area contributed by atoms with E-state index < -0.39 is 10.9 Å². The normalized spacial score (nSPS) is 10.0. The molecule has 0 saturated carbocycles. The number of non-ortho nitro benzene ring substituents is 1. The second-order valence-corrected chi connectivity index (χ2v) is 3.97. The minimum absolute atomic E-state index is 0.0217. The third-order valence-corrected chi connectivity index (χ3v) is 2.63. The molecule has 2 aromatic rings. The summed E-state index contributed by atoms with van der Waals surface area (Å²) in [7, 11) is 0.